The first-order valence-electron chi connectivity index (χ1n) is 7.04. The molecule has 2 atom stereocenters. The van der Waals surface area contributed by atoms with E-state index < -0.39 is 0 Å². The highest BCUT2D eigenvalue weighted by atomic mass is 35.5. The standard InChI is InChI=1S/C15H22Cl2N2/c1-3-14-10-19(15(4-2)8-18-14)9-11-5-12(16)7-13(17)6-11/h5-7,14-15,18H,3-4,8-10H2,1-2H3. The highest BCUT2D eigenvalue weighted by Crippen LogP contribution is 2.22. The quantitative estimate of drug-likeness (QED) is 0.905. The van der Waals surface area contributed by atoms with Crippen molar-refractivity contribution in [3.63, 3.8) is 0 Å². The molecule has 2 rings (SSSR count). The van der Waals surface area contributed by atoms with Gasteiger partial charge in [-0.3, -0.25) is 4.90 Å². The summed E-state index contributed by atoms with van der Waals surface area (Å²) in [6.07, 6.45) is 2.33. The second-order valence-corrected chi connectivity index (χ2v) is 6.16. The summed E-state index contributed by atoms with van der Waals surface area (Å²) in [5.74, 6) is 0. The molecule has 0 radical (unpaired) electrons. The van der Waals surface area contributed by atoms with Gasteiger partial charge in [-0.2, -0.15) is 0 Å². The Morgan fingerprint density at radius 3 is 2.42 bits per heavy atom. The molecule has 1 saturated heterocycles. The Morgan fingerprint density at radius 1 is 1.16 bits per heavy atom. The normalized spacial score (nSPS) is 24.6. The first-order valence-corrected chi connectivity index (χ1v) is 7.80. The molecule has 1 aliphatic heterocycles. The van der Waals surface area contributed by atoms with Gasteiger partial charge in [-0.05, 0) is 36.6 Å². The number of hydrogen-bond donors (Lipinski definition) is 1. The molecule has 1 aromatic carbocycles. The molecule has 1 aliphatic rings. The number of nitrogens with zero attached hydrogens (tertiary/aromatic N) is 1. The molecule has 2 unspecified atom stereocenters. The van der Waals surface area contributed by atoms with E-state index in [1.807, 2.05) is 12.1 Å². The van der Waals surface area contributed by atoms with Crippen LogP contribution in [-0.4, -0.2) is 30.1 Å². The summed E-state index contributed by atoms with van der Waals surface area (Å²) in [7, 11) is 0. The minimum atomic E-state index is 0.595. The Morgan fingerprint density at radius 2 is 1.84 bits per heavy atom. The van der Waals surface area contributed by atoms with Gasteiger partial charge in [0.2, 0.25) is 0 Å². The molecule has 0 amide bonds. The predicted molar refractivity (Wildman–Crippen MR) is 83.0 cm³/mol. The first-order chi connectivity index (χ1) is 9.12. The lowest BCUT2D eigenvalue weighted by Gasteiger charge is -2.40. The van der Waals surface area contributed by atoms with Crippen LogP contribution in [0.2, 0.25) is 10.0 Å². The van der Waals surface area contributed by atoms with Crippen molar-refractivity contribution in [3.8, 4) is 0 Å². The lowest BCUT2D eigenvalue weighted by Crippen LogP contribution is -2.55. The smallest absolute Gasteiger partial charge is 0.0424 e. The van der Waals surface area contributed by atoms with Crippen molar-refractivity contribution in [2.24, 2.45) is 0 Å². The van der Waals surface area contributed by atoms with E-state index in [0.29, 0.717) is 12.1 Å². The minimum Gasteiger partial charge on any atom is -0.311 e. The Hall–Kier alpha value is -0.280. The topological polar surface area (TPSA) is 15.3 Å². The summed E-state index contributed by atoms with van der Waals surface area (Å²) in [5, 5.41) is 5.05. The number of benzene rings is 1. The van der Waals surface area contributed by atoms with Crippen LogP contribution in [0.4, 0.5) is 0 Å². The lowest BCUT2D eigenvalue weighted by atomic mass is 10.0. The minimum absolute atomic E-state index is 0.595. The average Bonchev–Trinajstić information content (AvgIpc) is 2.37. The van der Waals surface area contributed by atoms with E-state index >= 15 is 0 Å². The third-order valence-electron chi connectivity index (χ3n) is 3.89. The Kier molecular flexibility index (Phi) is 5.52. The fraction of sp³-hybridized carbons (Fsp3) is 0.600. The summed E-state index contributed by atoms with van der Waals surface area (Å²) >= 11 is 12.2. The molecular weight excluding hydrogens is 279 g/mol. The fourth-order valence-electron chi connectivity index (χ4n) is 2.73. The van der Waals surface area contributed by atoms with E-state index in [-0.39, 0.29) is 0 Å². The van der Waals surface area contributed by atoms with Crippen LogP contribution in [0, 0.1) is 0 Å². The van der Waals surface area contributed by atoms with Crippen LogP contribution in [0.15, 0.2) is 18.2 Å². The maximum Gasteiger partial charge on any atom is 0.0424 e. The van der Waals surface area contributed by atoms with Crippen LogP contribution in [-0.2, 0) is 6.54 Å². The van der Waals surface area contributed by atoms with Crippen molar-refractivity contribution in [1.82, 2.24) is 10.2 Å². The van der Waals surface area contributed by atoms with Crippen LogP contribution in [0.3, 0.4) is 0 Å². The van der Waals surface area contributed by atoms with Crippen molar-refractivity contribution in [1.29, 1.82) is 0 Å². The number of nitrogens with one attached hydrogen (secondary N) is 1. The molecule has 4 heteroatoms. The molecule has 0 saturated carbocycles. The molecule has 1 aromatic rings. The van der Waals surface area contributed by atoms with E-state index in [2.05, 4.69) is 24.1 Å². The summed E-state index contributed by atoms with van der Waals surface area (Å²) < 4.78 is 0. The molecule has 1 heterocycles. The van der Waals surface area contributed by atoms with Gasteiger partial charge in [0.15, 0.2) is 0 Å². The van der Waals surface area contributed by atoms with E-state index in [1.165, 1.54) is 12.0 Å². The van der Waals surface area contributed by atoms with Gasteiger partial charge in [-0.1, -0.05) is 37.0 Å². The zero-order valence-corrected chi connectivity index (χ0v) is 13.1. The van der Waals surface area contributed by atoms with Crippen molar-refractivity contribution < 1.29 is 0 Å². The summed E-state index contributed by atoms with van der Waals surface area (Å²) in [6, 6.07) is 7.01. The van der Waals surface area contributed by atoms with Crippen LogP contribution in [0.5, 0.6) is 0 Å². The van der Waals surface area contributed by atoms with Gasteiger partial charge in [0.25, 0.3) is 0 Å². The van der Waals surface area contributed by atoms with Crippen molar-refractivity contribution in [2.75, 3.05) is 13.1 Å². The van der Waals surface area contributed by atoms with Gasteiger partial charge in [0.05, 0.1) is 0 Å². The zero-order chi connectivity index (χ0) is 13.8. The zero-order valence-electron chi connectivity index (χ0n) is 11.6. The molecule has 0 spiro atoms. The van der Waals surface area contributed by atoms with Crippen LogP contribution < -0.4 is 5.32 Å². The van der Waals surface area contributed by atoms with E-state index in [4.69, 9.17) is 23.2 Å². The van der Waals surface area contributed by atoms with E-state index in [1.54, 1.807) is 6.07 Å². The highest BCUT2D eigenvalue weighted by Gasteiger charge is 2.25. The van der Waals surface area contributed by atoms with Crippen LogP contribution in [0.25, 0.3) is 0 Å². The van der Waals surface area contributed by atoms with Gasteiger partial charge in [0.1, 0.15) is 0 Å². The first kappa shape index (κ1) is 15.1. The summed E-state index contributed by atoms with van der Waals surface area (Å²) in [4.78, 5) is 2.55. The Balaban J connectivity index is 2.09. The monoisotopic (exact) mass is 300 g/mol. The molecule has 106 valence electrons. The summed E-state index contributed by atoms with van der Waals surface area (Å²) in [6.45, 7) is 7.58. The number of hydrogen-bond acceptors (Lipinski definition) is 2. The molecule has 1 fully saturated rings. The van der Waals surface area contributed by atoms with E-state index in [9.17, 15) is 0 Å². The Bertz CT molecular complexity index is 402. The molecule has 0 bridgehead atoms. The third kappa shape index (κ3) is 4.09. The van der Waals surface area contributed by atoms with Crippen LogP contribution in [0.1, 0.15) is 32.3 Å². The second kappa shape index (κ2) is 6.94. The number of halogens is 2. The maximum atomic E-state index is 6.08. The van der Waals surface area contributed by atoms with Crippen LogP contribution >= 0.6 is 23.2 Å². The van der Waals surface area contributed by atoms with Gasteiger partial charge in [-0.25, -0.2) is 0 Å². The van der Waals surface area contributed by atoms with Gasteiger partial charge >= 0.3 is 0 Å². The highest BCUT2D eigenvalue weighted by molar-refractivity contribution is 6.34. The third-order valence-corrected chi connectivity index (χ3v) is 4.32. The number of piperazine rings is 1. The largest absolute Gasteiger partial charge is 0.311 e. The SMILES string of the molecule is CCC1CN(Cc2cc(Cl)cc(Cl)c2)C(CC)CN1. The predicted octanol–water partition coefficient (Wildman–Crippen LogP) is 3.96. The van der Waals surface area contributed by atoms with Crippen molar-refractivity contribution >= 4 is 23.2 Å². The fourth-order valence-corrected chi connectivity index (χ4v) is 3.31. The maximum absolute atomic E-state index is 6.08. The molecule has 2 nitrogen and oxygen atoms in total. The molecule has 0 aliphatic carbocycles. The molecule has 19 heavy (non-hydrogen) atoms. The summed E-state index contributed by atoms with van der Waals surface area (Å²) in [5.41, 5.74) is 1.20. The van der Waals surface area contributed by atoms with Crippen molar-refractivity contribution in [2.45, 2.75) is 45.3 Å². The van der Waals surface area contributed by atoms with Gasteiger partial charge < -0.3 is 5.32 Å². The molecule has 1 N–H and O–H groups in total. The Labute approximate surface area is 126 Å². The van der Waals surface area contributed by atoms with Crippen molar-refractivity contribution in [3.05, 3.63) is 33.8 Å². The number of rotatable bonds is 4. The van der Waals surface area contributed by atoms with E-state index in [0.717, 1.165) is 36.1 Å². The second-order valence-electron chi connectivity index (χ2n) is 5.28. The lowest BCUT2D eigenvalue weighted by molar-refractivity contribution is 0.117. The van der Waals surface area contributed by atoms with Gasteiger partial charge in [0, 0.05) is 41.8 Å². The molecular formula is C15H22Cl2N2. The molecule has 0 aromatic heterocycles. The van der Waals surface area contributed by atoms with Gasteiger partial charge in [-0.15, -0.1) is 0 Å². The average molecular weight is 301 g/mol.